The topological polar surface area (TPSA) is 94.0 Å². The van der Waals surface area contributed by atoms with E-state index in [-0.39, 0.29) is 41.5 Å². The van der Waals surface area contributed by atoms with Crippen LogP contribution in [-0.4, -0.2) is 27.0 Å². The summed E-state index contributed by atoms with van der Waals surface area (Å²) in [7, 11) is 0. The van der Waals surface area contributed by atoms with Gasteiger partial charge < -0.3 is 20.1 Å². The van der Waals surface area contributed by atoms with Gasteiger partial charge in [0.2, 0.25) is 0 Å². The number of amides is 2. The summed E-state index contributed by atoms with van der Waals surface area (Å²) in [6, 6.07) is 10.5. The largest absolute Gasteiger partial charge is 0.485 e. The van der Waals surface area contributed by atoms with E-state index in [0.29, 0.717) is 11.3 Å². The van der Waals surface area contributed by atoms with Crippen molar-refractivity contribution in [3.05, 3.63) is 94.7 Å². The second kappa shape index (κ2) is 11.1. The van der Waals surface area contributed by atoms with E-state index in [4.69, 9.17) is 9.47 Å². The molecule has 11 heteroatoms. The fourth-order valence-electron chi connectivity index (χ4n) is 3.86. The maximum absolute atomic E-state index is 14.0. The molecule has 0 saturated heterocycles. The van der Waals surface area contributed by atoms with Crippen LogP contribution in [0.4, 0.5) is 23.7 Å². The third-order valence-electron chi connectivity index (χ3n) is 5.57. The van der Waals surface area contributed by atoms with Crippen molar-refractivity contribution in [1.82, 2.24) is 14.7 Å². The summed E-state index contributed by atoms with van der Waals surface area (Å²) in [4.78, 5) is 29.8. The predicted molar refractivity (Wildman–Crippen MR) is 138 cm³/mol. The van der Waals surface area contributed by atoms with Gasteiger partial charge in [0.05, 0.1) is 11.3 Å². The smallest absolute Gasteiger partial charge is 0.407 e. The van der Waals surface area contributed by atoms with Crippen LogP contribution in [-0.2, 0) is 17.9 Å². The number of anilines is 1. The number of aromatic nitrogens is 2. The van der Waals surface area contributed by atoms with E-state index in [1.165, 1.54) is 28.7 Å². The van der Waals surface area contributed by atoms with Gasteiger partial charge in [0.15, 0.2) is 11.4 Å². The van der Waals surface area contributed by atoms with Crippen molar-refractivity contribution in [2.75, 3.05) is 5.32 Å². The molecule has 0 aliphatic heterocycles. The molecule has 4 rings (SSSR count). The van der Waals surface area contributed by atoms with Crippen LogP contribution in [0, 0.1) is 24.4 Å². The lowest BCUT2D eigenvalue weighted by atomic mass is 10.1. The minimum atomic E-state index is -0.738. The number of halogens is 3. The number of aryl methyl sites for hydroxylation is 1. The van der Waals surface area contributed by atoms with E-state index in [2.05, 4.69) is 15.6 Å². The Balaban J connectivity index is 1.56. The van der Waals surface area contributed by atoms with Crippen molar-refractivity contribution in [2.45, 2.75) is 46.4 Å². The number of imidazole rings is 1. The summed E-state index contributed by atoms with van der Waals surface area (Å²) in [5.74, 6) is -2.36. The Bertz CT molecular complexity index is 1530. The summed E-state index contributed by atoms with van der Waals surface area (Å²) in [6.45, 7) is 6.29. The Hall–Kier alpha value is -4.54. The average Bonchev–Trinajstić information content (AvgIpc) is 3.19. The van der Waals surface area contributed by atoms with Gasteiger partial charge in [-0.25, -0.2) is 22.9 Å². The standard InChI is InChI=1S/C28H27F3N4O4/c1-16-24(26(36)34-22-11-10-18(29)13-17(22)14-32-27(37)39-28(2,3)4)35-12-6-9-23(25(35)33-16)38-15-19-20(30)7-5-8-21(19)31/h5-13H,14-15H2,1-4H3,(H,32,37)(H,34,36). The Morgan fingerprint density at radius 3 is 2.44 bits per heavy atom. The van der Waals surface area contributed by atoms with E-state index in [1.54, 1.807) is 46.0 Å². The molecule has 39 heavy (non-hydrogen) atoms. The van der Waals surface area contributed by atoms with Gasteiger partial charge in [0, 0.05) is 18.4 Å². The van der Waals surface area contributed by atoms with E-state index in [0.717, 1.165) is 12.1 Å². The lowest BCUT2D eigenvalue weighted by Gasteiger charge is -2.20. The van der Waals surface area contributed by atoms with Crippen molar-refractivity contribution < 1.29 is 32.2 Å². The summed E-state index contributed by atoms with van der Waals surface area (Å²) in [6.07, 6.45) is 0.903. The first kappa shape index (κ1) is 27.5. The molecule has 8 nitrogen and oxygen atoms in total. The van der Waals surface area contributed by atoms with Crippen molar-refractivity contribution in [3.63, 3.8) is 0 Å². The molecular formula is C28H27F3N4O4. The normalized spacial score (nSPS) is 11.4. The Labute approximate surface area is 222 Å². The highest BCUT2D eigenvalue weighted by atomic mass is 19.1. The zero-order valence-electron chi connectivity index (χ0n) is 21.8. The zero-order valence-corrected chi connectivity index (χ0v) is 21.8. The Kier molecular flexibility index (Phi) is 7.80. The van der Waals surface area contributed by atoms with Crippen molar-refractivity contribution in [2.24, 2.45) is 0 Å². The van der Waals surface area contributed by atoms with Crippen molar-refractivity contribution >= 4 is 23.3 Å². The number of fused-ring (bicyclic) bond motifs is 1. The number of hydrogen-bond acceptors (Lipinski definition) is 5. The van der Waals surface area contributed by atoms with Crippen LogP contribution in [0.15, 0.2) is 54.7 Å². The Morgan fingerprint density at radius 1 is 1.03 bits per heavy atom. The van der Waals surface area contributed by atoms with Crippen LogP contribution >= 0.6 is 0 Å². The molecule has 2 heterocycles. The van der Waals surface area contributed by atoms with Crippen molar-refractivity contribution in [3.8, 4) is 5.75 Å². The third-order valence-corrected chi connectivity index (χ3v) is 5.57. The first-order valence-electron chi connectivity index (χ1n) is 12.0. The second-order valence-corrected chi connectivity index (χ2v) is 9.71. The number of rotatable bonds is 7. The number of hydrogen-bond donors (Lipinski definition) is 2. The molecule has 0 saturated carbocycles. The number of carbonyl (C=O) groups is 2. The van der Waals surface area contributed by atoms with Crippen LogP contribution in [0.3, 0.4) is 0 Å². The minimum absolute atomic E-state index is 0.0982. The lowest BCUT2D eigenvalue weighted by molar-refractivity contribution is 0.0523. The van der Waals surface area contributed by atoms with Gasteiger partial charge in [-0.05, 0) is 75.7 Å². The number of nitrogens with zero attached hydrogens (tertiary/aromatic N) is 2. The number of nitrogens with one attached hydrogen (secondary N) is 2. The minimum Gasteiger partial charge on any atom is -0.485 e. The quantitative estimate of drug-likeness (QED) is 0.304. The summed E-state index contributed by atoms with van der Waals surface area (Å²) in [5.41, 5.74) is 0.438. The highest BCUT2D eigenvalue weighted by molar-refractivity contribution is 6.05. The molecule has 0 bridgehead atoms. The molecule has 0 aliphatic rings. The van der Waals surface area contributed by atoms with E-state index >= 15 is 0 Å². The number of pyridine rings is 1. The number of carbonyl (C=O) groups excluding carboxylic acids is 2. The van der Waals surface area contributed by atoms with Gasteiger partial charge in [0.25, 0.3) is 5.91 Å². The summed E-state index contributed by atoms with van der Waals surface area (Å²) >= 11 is 0. The van der Waals surface area contributed by atoms with Crippen LogP contribution < -0.4 is 15.4 Å². The molecular weight excluding hydrogens is 513 g/mol. The molecule has 2 amide bonds. The highest BCUT2D eigenvalue weighted by Gasteiger charge is 2.21. The van der Waals surface area contributed by atoms with Gasteiger partial charge in [-0.15, -0.1) is 0 Å². The molecule has 0 spiro atoms. The van der Waals surface area contributed by atoms with Gasteiger partial charge in [-0.3, -0.25) is 9.20 Å². The van der Waals surface area contributed by atoms with Gasteiger partial charge in [-0.2, -0.15) is 0 Å². The van der Waals surface area contributed by atoms with Crippen LogP contribution in [0.25, 0.3) is 5.65 Å². The van der Waals surface area contributed by atoms with Crippen LogP contribution in [0.5, 0.6) is 5.75 Å². The number of ether oxygens (including phenoxy) is 2. The Morgan fingerprint density at radius 2 is 1.74 bits per heavy atom. The van der Waals surface area contributed by atoms with Gasteiger partial charge in [0.1, 0.15) is 35.4 Å². The first-order chi connectivity index (χ1) is 18.4. The molecule has 0 atom stereocenters. The van der Waals surface area contributed by atoms with E-state index in [1.807, 2.05) is 0 Å². The summed E-state index contributed by atoms with van der Waals surface area (Å²) < 4.78 is 54.4. The molecule has 2 aromatic carbocycles. The molecule has 204 valence electrons. The van der Waals surface area contributed by atoms with E-state index < -0.39 is 35.1 Å². The zero-order chi connectivity index (χ0) is 28.3. The average molecular weight is 541 g/mol. The number of benzene rings is 2. The van der Waals surface area contributed by atoms with Gasteiger partial charge >= 0.3 is 6.09 Å². The third kappa shape index (κ3) is 6.49. The fraction of sp³-hybridized carbons (Fsp3) is 0.250. The maximum atomic E-state index is 14.0. The molecule has 4 aromatic rings. The highest BCUT2D eigenvalue weighted by Crippen LogP contribution is 2.25. The fourth-order valence-corrected chi connectivity index (χ4v) is 3.86. The maximum Gasteiger partial charge on any atom is 0.407 e. The van der Waals surface area contributed by atoms with Crippen LogP contribution in [0.1, 0.15) is 48.1 Å². The second-order valence-electron chi connectivity index (χ2n) is 9.71. The molecule has 2 N–H and O–H groups in total. The first-order valence-corrected chi connectivity index (χ1v) is 12.0. The number of alkyl carbamates (subject to hydrolysis) is 1. The molecule has 0 aliphatic carbocycles. The van der Waals surface area contributed by atoms with Crippen molar-refractivity contribution in [1.29, 1.82) is 0 Å². The molecule has 0 unspecified atom stereocenters. The predicted octanol–water partition coefficient (Wildman–Crippen LogP) is 5.92. The monoisotopic (exact) mass is 540 g/mol. The molecule has 2 aromatic heterocycles. The lowest BCUT2D eigenvalue weighted by Crippen LogP contribution is -2.32. The van der Waals surface area contributed by atoms with Crippen LogP contribution in [0.2, 0.25) is 0 Å². The van der Waals surface area contributed by atoms with Gasteiger partial charge in [-0.1, -0.05) is 6.07 Å². The van der Waals surface area contributed by atoms with E-state index in [9.17, 15) is 22.8 Å². The SMILES string of the molecule is Cc1nc2c(OCc3c(F)cccc3F)cccn2c1C(=O)Nc1ccc(F)cc1CNC(=O)OC(C)(C)C. The molecule has 0 radical (unpaired) electrons. The summed E-state index contributed by atoms with van der Waals surface area (Å²) in [5, 5.41) is 5.29. The molecule has 0 fully saturated rings.